The molecule has 11 heavy (non-hydrogen) atoms. The number of H-pyrrole nitrogens is 1. The maximum atomic E-state index is 10.2. The van der Waals surface area contributed by atoms with Crippen LogP contribution in [0.25, 0.3) is 0 Å². The van der Waals surface area contributed by atoms with Crippen LogP contribution < -0.4 is 0 Å². The molecule has 0 aliphatic carbocycles. The van der Waals surface area contributed by atoms with E-state index in [4.69, 9.17) is 5.26 Å². The number of hydrogen-bond acceptors (Lipinski definition) is 4. The van der Waals surface area contributed by atoms with Gasteiger partial charge in [0.2, 0.25) is 0 Å². The van der Waals surface area contributed by atoms with E-state index in [1.807, 2.05) is 0 Å². The first-order valence-electron chi connectivity index (χ1n) is 2.61. The summed E-state index contributed by atoms with van der Waals surface area (Å²) < 4.78 is 20.3. The van der Waals surface area contributed by atoms with Crippen LogP contribution in [-0.4, -0.2) is 18.4 Å². The third-order valence-corrected chi connectivity index (χ3v) is 1.50. The van der Waals surface area contributed by atoms with E-state index in [0.717, 1.165) is 0 Å². The van der Waals surface area contributed by atoms with E-state index in [1.165, 1.54) is 12.4 Å². The van der Waals surface area contributed by atoms with Crippen molar-refractivity contribution in [3.8, 4) is 6.07 Å². The van der Waals surface area contributed by atoms with E-state index in [1.54, 1.807) is 6.07 Å². The van der Waals surface area contributed by atoms with Gasteiger partial charge in [-0.3, -0.25) is 0 Å². The van der Waals surface area contributed by atoms with Crippen molar-refractivity contribution in [2.75, 3.05) is 0 Å². The SMILES string of the molecule is N#Cc1cnc(=S(=O)=O)[nH]c1. The number of nitriles is 1. The average molecular weight is 169 g/mol. The van der Waals surface area contributed by atoms with Crippen LogP contribution in [0.1, 0.15) is 5.56 Å². The normalized spacial score (nSPS) is 8.64. The quantitative estimate of drug-likeness (QED) is 0.540. The second-order valence-electron chi connectivity index (χ2n) is 1.65. The molecule has 1 aromatic rings. The Morgan fingerprint density at radius 2 is 2.36 bits per heavy atom. The van der Waals surface area contributed by atoms with Gasteiger partial charge in [-0.2, -0.15) is 13.7 Å². The van der Waals surface area contributed by atoms with Gasteiger partial charge in [0.15, 0.2) is 0 Å². The Bertz CT molecular complexity index is 437. The molecule has 5 nitrogen and oxygen atoms in total. The highest BCUT2D eigenvalue weighted by atomic mass is 32.2. The van der Waals surface area contributed by atoms with Gasteiger partial charge in [0.1, 0.15) is 6.07 Å². The molecule has 0 aliphatic rings. The van der Waals surface area contributed by atoms with Gasteiger partial charge in [0, 0.05) is 12.4 Å². The van der Waals surface area contributed by atoms with Crippen molar-refractivity contribution in [2.45, 2.75) is 0 Å². The fourth-order valence-corrected chi connectivity index (χ4v) is 0.788. The van der Waals surface area contributed by atoms with Crippen LogP contribution in [0.3, 0.4) is 0 Å². The van der Waals surface area contributed by atoms with E-state index in [9.17, 15) is 8.42 Å². The van der Waals surface area contributed by atoms with Gasteiger partial charge in [0.05, 0.1) is 5.56 Å². The molecule has 0 amide bonds. The van der Waals surface area contributed by atoms with Crippen LogP contribution in [0, 0.1) is 16.1 Å². The molecule has 0 saturated heterocycles. The maximum absolute atomic E-state index is 10.2. The Balaban J connectivity index is 3.49. The maximum Gasteiger partial charge on any atom is 0.258 e. The minimum Gasteiger partial charge on any atom is -0.332 e. The Labute approximate surface area is 63.5 Å². The smallest absolute Gasteiger partial charge is 0.258 e. The number of nitrogens with zero attached hydrogens (tertiary/aromatic N) is 2. The van der Waals surface area contributed by atoms with Gasteiger partial charge in [-0.25, -0.2) is 4.98 Å². The summed E-state index contributed by atoms with van der Waals surface area (Å²) in [4.78, 5) is 5.80. The predicted molar refractivity (Wildman–Crippen MR) is 35.5 cm³/mol. The van der Waals surface area contributed by atoms with Crippen LogP contribution in [0.15, 0.2) is 12.4 Å². The molecular weight excluding hydrogens is 166 g/mol. The summed E-state index contributed by atoms with van der Waals surface area (Å²) in [5.74, 6) is 0. The lowest BCUT2D eigenvalue weighted by atomic mass is 10.4. The van der Waals surface area contributed by atoms with Crippen molar-refractivity contribution in [3.63, 3.8) is 0 Å². The van der Waals surface area contributed by atoms with Gasteiger partial charge in [0.25, 0.3) is 15.1 Å². The lowest BCUT2D eigenvalue weighted by Gasteiger charge is -1.82. The predicted octanol–water partition coefficient (Wildman–Crippen LogP) is -0.308. The summed E-state index contributed by atoms with van der Waals surface area (Å²) in [6.07, 6.45) is 2.46. The van der Waals surface area contributed by atoms with E-state index in [-0.39, 0.29) is 4.77 Å². The largest absolute Gasteiger partial charge is 0.332 e. The molecular formula is C5H3N3O2S. The first kappa shape index (κ1) is 7.50. The molecule has 1 aromatic heterocycles. The van der Waals surface area contributed by atoms with Gasteiger partial charge in [-0.1, -0.05) is 0 Å². The first-order valence-corrected chi connectivity index (χ1v) is 3.68. The Kier molecular flexibility index (Phi) is 2.03. The summed E-state index contributed by atoms with van der Waals surface area (Å²) in [6, 6.07) is 1.80. The van der Waals surface area contributed by atoms with Crippen molar-refractivity contribution in [3.05, 3.63) is 22.7 Å². The monoisotopic (exact) mass is 169 g/mol. The molecule has 6 heteroatoms. The van der Waals surface area contributed by atoms with E-state index >= 15 is 0 Å². The summed E-state index contributed by atoms with van der Waals surface area (Å²) in [6.45, 7) is 0. The zero-order valence-electron chi connectivity index (χ0n) is 5.27. The van der Waals surface area contributed by atoms with Crippen LogP contribution in [0.2, 0.25) is 0 Å². The first-order chi connectivity index (χ1) is 5.24. The summed E-state index contributed by atoms with van der Waals surface area (Å²) in [5, 5.41) is 8.30. The molecule has 0 spiro atoms. The highest BCUT2D eigenvalue weighted by molar-refractivity contribution is 7.63. The molecule has 1 N–H and O–H groups in total. The molecule has 56 valence electrons. The minimum atomic E-state index is -2.37. The number of rotatable bonds is 0. The minimum absolute atomic E-state index is 0.177. The van der Waals surface area contributed by atoms with Gasteiger partial charge in [-0.15, -0.1) is 0 Å². The molecule has 0 saturated carbocycles. The van der Waals surface area contributed by atoms with Crippen molar-refractivity contribution in [1.82, 2.24) is 9.97 Å². The van der Waals surface area contributed by atoms with Crippen molar-refractivity contribution in [2.24, 2.45) is 0 Å². The second kappa shape index (κ2) is 2.98. The summed E-state index contributed by atoms with van der Waals surface area (Å²) in [5.41, 5.74) is 0.291. The third-order valence-electron chi connectivity index (χ3n) is 0.959. The van der Waals surface area contributed by atoms with Crippen LogP contribution in [-0.2, 0) is 10.3 Å². The molecule has 0 atom stereocenters. The van der Waals surface area contributed by atoms with Crippen LogP contribution >= 0.6 is 0 Å². The molecule has 0 fully saturated rings. The number of aromatic nitrogens is 2. The van der Waals surface area contributed by atoms with Crippen molar-refractivity contribution >= 4 is 10.3 Å². The van der Waals surface area contributed by atoms with E-state index in [2.05, 4.69) is 9.97 Å². The highest BCUT2D eigenvalue weighted by Crippen LogP contribution is 1.87. The molecule has 1 heterocycles. The highest BCUT2D eigenvalue weighted by Gasteiger charge is 1.87. The van der Waals surface area contributed by atoms with Crippen molar-refractivity contribution < 1.29 is 8.42 Å². The molecule has 0 bridgehead atoms. The van der Waals surface area contributed by atoms with Gasteiger partial charge >= 0.3 is 0 Å². The molecule has 0 unspecified atom stereocenters. The third kappa shape index (κ3) is 1.65. The van der Waals surface area contributed by atoms with E-state index < -0.39 is 10.3 Å². The Morgan fingerprint density at radius 3 is 2.73 bits per heavy atom. The number of nitrogens with one attached hydrogen (secondary N) is 1. The summed E-state index contributed by atoms with van der Waals surface area (Å²) in [7, 11) is -2.37. The lowest BCUT2D eigenvalue weighted by molar-refractivity contribution is 0.623. The standard InChI is InChI=1S/C5H3N3O2S/c6-1-4-2-7-5(8-3-4)11(9)10/h2-3,7H. The molecule has 0 aliphatic heterocycles. The fraction of sp³-hybridized carbons (Fsp3) is 0. The molecule has 0 aromatic carbocycles. The second-order valence-corrected chi connectivity index (χ2v) is 2.51. The van der Waals surface area contributed by atoms with Crippen LogP contribution in [0.4, 0.5) is 0 Å². The Hall–Kier alpha value is -1.61. The molecule has 1 rings (SSSR count). The van der Waals surface area contributed by atoms with E-state index in [0.29, 0.717) is 5.56 Å². The van der Waals surface area contributed by atoms with Gasteiger partial charge < -0.3 is 4.98 Å². The van der Waals surface area contributed by atoms with Crippen LogP contribution in [0.5, 0.6) is 0 Å². The van der Waals surface area contributed by atoms with Gasteiger partial charge in [-0.05, 0) is 0 Å². The topological polar surface area (TPSA) is 86.6 Å². The zero-order valence-corrected chi connectivity index (χ0v) is 6.09. The number of aromatic amines is 1. The lowest BCUT2D eigenvalue weighted by Crippen LogP contribution is -1.85. The van der Waals surface area contributed by atoms with Crippen molar-refractivity contribution in [1.29, 1.82) is 5.26 Å². The Morgan fingerprint density at radius 1 is 1.64 bits per heavy atom. The zero-order chi connectivity index (χ0) is 8.27. The fourth-order valence-electron chi connectivity index (χ4n) is 0.494. The average Bonchev–Trinajstić information content (AvgIpc) is 2.05. The molecule has 0 radical (unpaired) electrons. The summed E-state index contributed by atoms with van der Waals surface area (Å²) >= 11 is 0. The number of hydrogen-bond donors (Lipinski definition) is 1.